The molecular formula is C28H32P2. The van der Waals surface area contributed by atoms with E-state index in [1.807, 2.05) is 0 Å². The maximum atomic E-state index is 2.38. The summed E-state index contributed by atoms with van der Waals surface area (Å²) in [6.45, 7) is 14.0. The summed E-state index contributed by atoms with van der Waals surface area (Å²) < 4.78 is 0. The van der Waals surface area contributed by atoms with Gasteiger partial charge in [-0.15, -0.1) is 0 Å². The minimum absolute atomic E-state index is 0.264. The Morgan fingerprint density at radius 3 is 1.70 bits per heavy atom. The van der Waals surface area contributed by atoms with Crippen molar-refractivity contribution in [2.75, 3.05) is 0 Å². The lowest BCUT2D eigenvalue weighted by molar-refractivity contribution is 0.799. The van der Waals surface area contributed by atoms with Crippen LogP contribution in [0.25, 0.3) is 32.7 Å². The summed E-state index contributed by atoms with van der Waals surface area (Å²) in [6.07, 6.45) is 0. The molecule has 4 aromatic rings. The fraction of sp³-hybridized carbons (Fsp3) is 0.286. The molecule has 0 amide bonds. The lowest BCUT2D eigenvalue weighted by Crippen LogP contribution is -2.14. The Balaban J connectivity index is 2.03. The van der Waals surface area contributed by atoms with Gasteiger partial charge < -0.3 is 0 Å². The molecule has 0 bridgehead atoms. The zero-order valence-corrected chi connectivity index (χ0v) is 20.9. The van der Waals surface area contributed by atoms with Crippen molar-refractivity contribution in [1.82, 2.24) is 0 Å². The lowest BCUT2D eigenvalue weighted by atomic mass is 9.94. The molecule has 0 N–H and O–H groups in total. The van der Waals surface area contributed by atoms with Crippen LogP contribution in [0.2, 0.25) is 0 Å². The molecule has 0 nitrogen and oxygen atoms in total. The van der Waals surface area contributed by atoms with E-state index < -0.39 is 0 Å². The SMILES string of the molecule is CC(C)(C)Pc1ccc2ccccc2c1-c1ccc(PC(C)(C)C)c2ccccc12. The van der Waals surface area contributed by atoms with Crippen LogP contribution in [0, 0.1) is 0 Å². The summed E-state index contributed by atoms with van der Waals surface area (Å²) in [6, 6.07) is 27.3. The van der Waals surface area contributed by atoms with Crippen LogP contribution < -0.4 is 10.6 Å². The van der Waals surface area contributed by atoms with Crippen molar-refractivity contribution in [1.29, 1.82) is 0 Å². The molecule has 0 spiro atoms. The van der Waals surface area contributed by atoms with Crippen molar-refractivity contribution in [2.24, 2.45) is 0 Å². The van der Waals surface area contributed by atoms with Gasteiger partial charge in [0.15, 0.2) is 0 Å². The van der Waals surface area contributed by atoms with E-state index in [0.29, 0.717) is 5.16 Å². The van der Waals surface area contributed by atoms with Crippen molar-refractivity contribution in [3.05, 3.63) is 72.8 Å². The molecular weight excluding hydrogens is 398 g/mol. The van der Waals surface area contributed by atoms with Crippen LogP contribution in [0.1, 0.15) is 41.5 Å². The first-order valence-electron chi connectivity index (χ1n) is 10.7. The number of rotatable bonds is 3. The first-order valence-corrected chi connectivity index (χ1v) is 12.7. The van der Waals surface area contributed by atoms with Gasteiger partial charge in [-0.2, -0.15) is 0 Å². The molecule has 30 heavy (non-hydrogen) atoms. The molecule has 0 radical (unpaired) electrons. The standard InChI is InChI=1S/C28H32P2/c1-27(2,3)29-24-18-16-23(21-13-9-10-14-22(21)24)26-20-12-8-7-11-19(20)15-17-25(26)30-28(4,5)6/h7-18,29-30H,1-6H3. The molecule has 2 heteroatoms. The van der Waals surface area contributed by atoms with E-state index in [0.717, 1.165) is 17.2 Å². The Morgan fingerprint density at radius 2 is 1.03 bits per heavy atom. The van der Waals surface area contributed by atoms with Crippen LogP contribution in [0.4, 0.5) is 0 Å². The van der Waals surface area contributed by atoms with E-state index in [-0.39, 0.29) is 5.16 Å². The van der Waals surface area contributed by atoms with Crippen LogP contribution in [0.3, 0.4) is 0 Å². The number of fused-ring (bicyclic) bond motifs is 2. The van der Waals surface area contributed by atoms with E-state index in [2.05, 4.69) is 114 Å². The highest BCUT2D eigenvalue weighted by molar-refractivity contribution is 7.49. The van der Waals surface area contributed by atoms with Crippen molar-refractivity contribution >= 4 is 49.3 Å². The molecule has 0 heterocycles. The van der Waals surface area contributed by atoms with Crippen LogP contribution >= 0.6 is 17.2 Å². The van der Waals surface area contributed by atoms with Gasteiger partial charge in [-0.3, -0.25) is 0 Å². The van der Waals surface area contributed by atoms with E-state index >= 15 is 0 Å². The van der Waals surface area contributed by atoms with Gasteiger partial charge in [0, 0.05) is 0 Å². The smallest absolute Gasteiger partial charge is 0.00246 e. The quantitative estimate of drug-likeness (QED) is 0.290. The summed E-state index contributed by atoms with van der Waals surface area (Å²) in [4.78, 5) is 0. The van der Waals surface area contributed by atoms with E-state index in [4.69, 9.17) is 0 Å². The Labute approximate surface area is 185 Å². The molecule has 4 aromatic carbocycles. The lowest BCUT2D eigenvalue weighted by Gasteiger charge is -2.24. The molecule has 0 fully saturated rings. The molecule has 0 aromatic heterocycles. The third-order valence-electron chi connectivity index (χ3n) is 5.14. The zero-order valence-electron chi connectivity index (χ0n) is 18.9. The fourth-order valence-corrected chi connectivity index (χ4v) is 6.80. The van der Waals surface area contributed by atoms with Crippen molar-refractivity contribution in [2.45, 2.75) is 51.9 Å². The topological polar surface area (TPSA) is 0 Å². The molecule has 2 unspecified atom stereocenters. The third kappa shape index (κ3) is 4.61. The van der Waals surface area contributed by atoms with Crippen molar-refractivity contribution in [3.8, 4) is 11.1 Å². The number of hydrogen-bond donors (Lipinski definition) is 0. The molecule has 4 rings (SSSR count). The fourth-order valence-electron chi connectivity index (χ4n) is 4.10. The summed E-state index contributed by atoms with van der Waals surface area (Å²) in [5, 5.41) is 8.97. The Bertz CT molecular complexity index is 1210. The van der Waals surface area contributed by atoms with Gasteiger partial charge in [0.2, 0.25) is 0 Å². The minimum Gasteiger partial charge on any atom is -0.0842 e. The average Bonchev–Trinajstić information content (AvgIpc) is 2.66. The van der Waals surface area contributed by atoms with E-state index in [1.54, 1.807) is 0 Å². The van der Waals surface area contributed by atoms with Gasteiger partial charge in [0.05, 0.1) is 0 Å². The molecule has 0 aliphatic rings. The summed E-state index contributed by atoms with van der Waals surface area (Å²) in [7, 11) is 1.56. The van der Waals surface area contributed by atoms with Gasteiger partial charge >= 0.3 is 0 Å². The Hall–Kier alpha value is -1.74. The van der Waals surface area contributed by atoms with Crippen LogP contribution in [-0.4, -0.2) is 10.3 Å². The first-order chi connectivity index (χ1) is 14.1. The van der Waals surface area contributed by atoms with Crippen molar-refractivity contribution in [3.63, 3.8) is 0 Å². The van der Waals surface area contributed by atoms with Gasteiger partial charge in [0.25, 0.3) is 0 Å². The molecule has 2 atom stereocenters. The average molecular weight is 431 g/mol. The minimum atomic E-state index is 0.264. The Kier molecular flexibility index (Phi) is 5.78. The molecule has 0 saturated carbocycles. The Morgan fingerprint density at radius 1 is 0.500 bits per heavy atom. The van der Waals surface area contributed by atoms with Crippen LogP contribution in [-0.2, 0) is 0 Å². The normalized spacial score (nSPS) is 13.4. The maximum absolute atomic E-state index is 2.38. The summed E-state index contributed by atoms with van der Waals surface area (Å²) in [5.74, 6) is 0. The highest BCUT2D eigenvalue weighted by atomic mass is 31.1. The second kappa shape index (κ2) is 8.07. The highest BCUT2D eigenvalue weighted by Gasteiger charge is 2.20. The predicted molar refractivity (Wildman–Crippen MR) is 142 cm³/mol. The second-order valence-electron chi connectivity index (χ2n) is 10.2. The molecule has 0 saturated heterocycles. The number of hydrogen-bond acceptors (Lipinski definition) is 0. The number of benzene rings is 4. The first kappa shape index (κ1) is 21.5. The van der Waals surface area contributed by atoms with Crippen LogP contribution in [0.5, 0.6) is 0 Å². The third-order valence-corrected chi connectivity index (χ3v) is 8.03. The van der Waals surface area contributed by atoms with Gasteiger partial charge in [-0.05, 0) is 53.6 Å². The highest BCUT2D eigenvalue weighted by Crippen LogP contribution is 2.41. The van der Waals surface area contributed by atoms with E-state index in [9.17, 15) is 0 Å². The second-order valence-corrected chi connectivity index (χ2v) is 14.7. The monoisotopic (exact) mass is 430 g/mol. The summed E-state index contributed by atoms with van der Waals surface area (Å²) >= 11 is 0. The predicted octanol–water partition coefficient (Wildman–Crippen LogP) is 7.86. The summed E-state index contributed by atoms with van der Waals surface area (Å²) in [5.41, 5.74) is 2.79. The van der Waals surface area contributed by atoms with Gasteiger partial charge in [0.1, 0.15) is 0 Å². The van der Waals surface area contributed by atoms with Gasteiger partial charge in [-0.1, -0.05) is 132 Å². The molecule has 154 valence electrons. The molecule has 0 aliphatic carbocycles. The largest absolute Gasteiger partial charge is 0.0842 e. The zero-order chi connectivity index (χ0) is 21.5. The van der Waals surface area contributed by atoms with E-state index in [1.165, 1.54) is 43.3 Å². The van der Waals surface area contributed by atoms with Crippen LogP contribution in [0.15, 0.2) is 72.8 Å². The maximum Gasteiger partial charge on any atom is -0.00246 e. The van der Waals surface area contributed by atoms with Crippen molar-refractivity contribution < 1.29 is 0 Å². The van der Waals surface area contributed by atoms with Gasteiger partial charge in [-0.25, -0.2) is 0 Å². The molecule has 0 aliphatic heterocycles.